The van der Waals surface area contributed by atoms with Crippen molar-refractivity contribution < 1.29 is 44.2 Å². The van der Waals surface area contributed by atoms with Crippen LogP contribution >= 0.6 is 11.3 Å². The summed E-state index contributed by atoms with van der Waals surface area (Å²) >= 11 is 1.31. The SMILES string of the molecule is O=C([O-])c1ccc(N2CCC(N3CCOCC3)C2)s1.[Na+]. The summed E-state index contributed by atoms with van der Waals surface area (Å²) in [6, 6.07) is 4.09. The normalized spacial score (nSPS) is 23.6. The zero-order valence-corrected chi connectivity index (χ0v) is 14.5. The molecule has 0 bridgehead atoms. The van der Waals surface area contributed by atoms with Crippen LogP contribution < -0.4 is 39.6 Å². The van der Waals surface area contributed by atoms with E-state index in [0.717, 1.165) is 50.8 Å². The molecule has 1 aromatic rings. The molecule has 2 fully saturated rings. The first-order valence-corrected chi connectivity index (χ1v) is 7.43. The zero-order valence-electron chi connectivity index (χ0n) is 11.7. The summed E-state index contributed by atoms with van der Waals surface area (Å²) in [4.78, 5) is 15.9. The van der Waals surface area contributed by atoms with E-state index in [1.54, 1.807) is 6.07 Å². The third-order valence-corrected chi connectivity index (χ3v) is 4.96. The van der Waals surface area contributed by atoms with E-state index in [4.69, 9.17) is 4.74 Å². The number of aromatic carboxylic acids is 1. The zero-order chi connectivity index (χ0) is 13.2. The maximum Gasteiger partial charge on any atom is 1.00 e. The molecular formula is C13H17N2NaO3S. The Morgan fingerprint density at radius 1 is 1.30 bits per heavy atom. The fourth-order valence-corrected chi connectivity index (χ4v) is 3.67. The Kier molecular flexibility index (Phi) is 5.89. The molecule has 1 aromatic heterocycles. The van der Waals surface area contributed by atoms with E-state index < -0.39 is 5.97 Å². The van der Waals surface area contributed by atoms with Crippen molar-refractivity contribution in [1.29, 1.82) is 0 Å². The average Bonchev–Trinajstić information content (AvgIpc) is 3.09. The predicted molar refractivity (Wildman–Crippen MR) is 71.7 cm³/mol. The third-order valence-electron chi connectivity index (χ3n) is 3.83. The molecule has 1 unspecified atom stereocenters. The van der Waals surface area contributed by atoms with Crippen LogP contribution in [-0.4, -0.2) is 56.3 Å². The molecule has 0 spiro atoms. The van der Waals surface area contributed by atoms with Gasteiger partial charge in [-0.25, -0.2) is 0 Å². The summed E-state index contributed by atoms with van der Waals surface area (Å²) in [5, 5.41) is 11.8. The molecule has 0 aliphatic carbocycles. The Morgan fingerprint density at radius 3 is 2.70 bits per heavy atom. The molecule has 0 saturated carbocycles. The second-order valence-corrected chi connectivity index (χ2v) is 6.02. The molecule has 5 nitrogen and oxygen atoms in total. The number of carbonyl (C=O) groups excluding carboxylic acids is 1. The number of hydrogen-bond donors (Lipinski definition) is 0. The van der Waals surface area contributed by atoms with Crippen LogP contribution in [-0.2, 0) is 4.74 Å². The minimum atomic E-state index is -1.08. The Hall–Kier alpha value is -0.110. The van der Waals surface area contributed by atoms with Gasteiger partial charge in [0.2, 0.25) is 0 Å². The number of carboxylic acid groups (broad SMARTS) is 1. The summed E-state index contributed by atoms with van der Waals surface area (Å²) < 4.78 is 5.38. The minimum absolute atomic E-state index is 0. The van der Waals surface area contributed by atoms with Gasteiger partial charge in [0.15, 0.2) is 0 Å². The molecule has 2 saturated heterocycles. The van der Waals surface area contributed by atoms with Crippen LogP contribution in [0.4, 0.5) is 5.00 Å². The number of anilines is 1. The van der Waals surface area contributed by atoms with Gasteiger partial charge in [-0.05, 0) is 18.6 Å². The van der Waals surface area contributed by atoms with Gasteiger partial charge in [0.25, 0.3) is 0 Å². The van der Waals surface area contributed by atoms with E-state index in [1.165, 1.54) is 11.3 Å². The maximum absolute atomic E-state index is 10.8. The van der Waals surface area contributed by atoms with Crippen molar-refractivity contribution in [2.75, 3.05) is 44.3 Å². The van der Waals surface area contributed by atoms with Gasteiger partial charge in [-0.3, -0.25) is 4.90 Å². The number of thiophene rings is 1. The summed E-state index contributed by atoms with van der Waals surface area (Å²) in [5.41, 5.74) is 0. The largest absolute Gasteiger partial charge is 1.00 e. The number of carbonyl (C=O) groups is 1. The van der Waals surface area contributed by atoms with Crippen molar-refractivity contribution in [2.45, 2.75) is 12.5 Å². The topological polar surface area (TPSA) is 55.8 Å². The van der Waals surface area contributed by atoms with Gasteiger partial charge in [0.1, 0.15) is 0 Å². The van der Waals surface area contributed by atoms with Crippen LogP contribution in [0.15, 0.2) is 12.1 Å². The second kappa shape index (κ2) is 7.24. The van der Waals surface area contributed by atoms with Crippen LogP contribution in [0.1, 0.15) is 16.1 Å². The van der Waals surface area contributed by atoms with Gasteiger partial charge in [-0.1, -0.05) is 0 Å². The smallest absolute Gasteiger partial charge is 0.544 e. The van der Waals surface area contributed by atoms with E-state index in [9.17, 15) is 9.90 Å². The van der Waals surface area contributed by atoms with Gasteiger partial charge >= 0.3 is 29.6 Å². The van der Waals surface area contributed by atoms with Crippen LogP contribution in [0.25, 0.3) is 0 Å². The van der Waals surface area contributed by atoms with E-state index in [1.807, 2.05) is 6.07 Å². The van der Waals surface area contributed by atoms with E-state index >= 15 is 0 Å². The van der Waals surface area contributed by atoms with Crippen molar-refractivity contribution in [1.82, 2.24) is 4.90 Å². The van der Waals surface area contributed by atoms with Crippen LogP contribution in [0.5, 0.6) is 0 Å². The molecule has 0 N–H and O–H groups in total. The monoisotopic (exact) mass is 304 g/mol. The summed E-state index contributed by atoms with van der Waals surface area (Å²) in [7, 11) is 0. The van der Waals surface area contributed by atoms with Gasteiger partial charge in [0.05, 0.1) is 29.1 Å². The summed E-state index contributed by atoms with van der Waals surface area (Å²) in [6.07, 6.45) is 1.14. The first-order chi connectivity index (χ1) is 9.24. The standard InChI is InChI=1S/C13H18N2O3S.Na/c16-13(17)11-1-2-12(19-11)15-4-3-10(9-15)14-5-7-18-8-6-14;/h1-2,10H,3-9H2,(H,16,17);/q;+1/p-1. The predicted octanol–water partition coefficient (Wildman–Crippen LogP) is -2.97. The van der Waals surface area contributed by atoms with E-state index in [2.05, 4.69) is 9.80 Å². The molecule has 3 rings (SSSR count). The summed E-state index contributed by atoms with van der Waals surface area (Å²) in [5.74, 6) is -1.08. The molecule has 3 heterocycles. The Balaban J connectivity index is 0.00000147. The van der Waals surface area contributed by atoms with Crippen LogP contribution in [0.2, 0.25) is 0 Å². The molecule has 0 aromatic carbocycles. The van der Waals surface area contributed by atoms with Crippen LogP contribution in [0, 0.1) is 0 Å². The van der Waals surface area contributed by atoms with Gasteiger partial charge in [0, 0.05) is 32.2 Å². The first-order valence-electron chi connectivity index (χ1n) is 6.62. The van der Waals surface area contributed by atoms with Gasteiger partial charge in [-0.2, -0.15) is 0 Å². The van der Waals surface area contributed by atoms with Crippen molar-refractivity contribution in [3.05, 3.63) is 17.0 Å². The van der Waals surface area contributed by atoms with Gasteiger partial charge in [-0.15, -0.1) is 11.3 Å². The fourth-order valence-electron chi connectivity index (χ4n) is 2.79. The van der Waals surface area contributed by atoms with Crippen molar-refractivity contribution in [2.24, 2.45) is 0 Å². The Morgan fingerprint density at radius 2 is 2.05 bits per heavy atom. The maximum atomic E-state index is 10.8. The molecule has 2 aliphatic rings. The molecule has 7 heteroatoms. The van der Waals surface area contributed by atoms with E-state index in [0.29, 0.717) is 10.9 Å². The van der Waals surface area contributed by atoms with E-state index in [-0.39, 0.29) is 29.6 Å². The van der Waals surface area contributed by atoms with Crippen molar-refractivity contribution in [3.8, 4) is 0 Å². The van der Waals surface area contributed by atoms with Crippen LogP contribution in [0.3, 0.4) is 0 Å². The third kappa shape index (κ3) is 3.55. The first kappa shape index (κ1) is 16.3. The average molecular weight is 304 g/mol. The quantitative estimate of drug-likeness (QED) is 0.558. The molecule has 2 aliphatic heterocycles. The number of ether oxygens (including phenoxy) is 1. The molecule has 0 radical (unpaired) electrons. The number of carboxylic acids is 1. The second-order valence-electron chi connectivity index (χ2n) is 4.96. The minimum Gasteiger partial charge on any atom is -0.544 e. The molecule has 20 heavy (non-hydrogen) atoms. The fraction of sp³-hybridized carbons (Fsp3) is 0.615. The molecule has 0 amide bonds. The Bertz CT molecular complexity index is 462. The number of nitrogens with zero attached hydrogens (tertiary/aromatic N) is 2. The summed E-state index contributed by atoms with van der Waals surface area (Å²) in [6.45, 7) is 5.64. The number of rotatable bonds is 3. The molecule has 104 valence electrons. The molecule has 1 atom stereocenters. The Labute approximate surface area is 144 Å². The van der Waals surface area contributed by atoms with Gasteiger partial charge < -0.3 is 19.5 Å². The molecular weight excluding hydrogens is 287 g/mol. The van der Waals surface area contributed by atoms with Crippen molar-refractivity contribution >= 4 is 22.3 Å². The number of morpholine rings is 1. The van der Waals surface area contributed by atoms with Crippen molar-refractivity contribution in [3.63, 3.8) is 0 Å². The number of hydrogen-bond acceptors (Lipinski definition) is 6.